The number of hydrogen-bond acceptors (Lipinski definition) is 24. The van der Waals surface area contributed by atoms with E-state index in [4.69, 9.17) is 52.6 Å². The first-order valence-corrected chi connectivity index (χ1v) is 38.5. The standard InChI is InChI=1S/C81H90Cl2N10O23/c1-5-6-7-8-9-10-11-12-25-93(3,4)26-13-24-86-36-47-52(96)35-45-58(68(47)99)44-28-38(16-21-50(44)94)62-75(104)92-66(78(107)91-65(45)79(108)109)67(98)40-18-23-54(48(82)29-40)114-57-32-41-31-56(71(57)115-81-60(84)69(100)70(101)72(116-81)80(110)111)112-42-19-14-37(15-20-42)27-49-73(102)90-64(77(106)89-63(41)76(105)88-62)46-33-43(34-53(97)59(46)83)113-55-30-39(17-22-51(55)95)61(85-2)74(103)87-49/h14-23,28-35,49,60-67,69-70,72,81,85-86,98,100-101H,5-13,24-27,36,84H2,1-4H3,(H12-,87,88,89,90,91,92,94,95,96,97,99,102,103,104,105,106,107,108,109,110,111)/p+1/t49-,60-,61+,62-,63-,64+,65+,66+,67-,69-,70+,72+,81-/m1/s1. The van der Waals surface area contributed by atoms with Crippen molar-refractivity contribution in [2.45, 2.75) is 157 Å². The highest BCUT2D eigenvalue weighted by Crippen LogP contribution is 2.50. The van der Waals surface area contributed by atoms with Crippen LogP contribution in [-0.4, -0.2) is 186 Å². The molecule has 0 unspecified atom stereocenters. The van der Waals surface area contributed by atoms with Gasteiger partial charge in [0.15, 0.2) is 35.1 Å². The molecule has 14 rings (SSSR count). The number of amides is 6. The van der Waals surface area contributed by atoms with Crippen LogP contribution in [0.3, 0.4) is 0 Å². The van der Waals surface area contributed by atoms with E-state index >= 15 is 24.0 Å². The summed E-state index contributed by atoms with van der Waals surface area (Å²) < 4.78 is 32.2. The summed E-state index contributed by atoms with van der Waals surface area (Å²) in [6, 6.07) is 5.36. The summed E-state index contributed by atoms with van der Waals surface area (Å²) in [4.78, 5) is 120. The van der Waals surface area contributed by atoms with Gasteiger partial charge >= 0.3 is 11.9 Å². The topological polar surface area (TPSA) is 507 Å². The average Bonchev–Trinajstić information content (AvgIpc) is 0.765. The number of nitrogens with one attached hydrogen (secondary N) is 8. The number of aliphatic hydroxyl groups excluding tert-OH is 3. The summed E-state index contributed by atoms with van der Waals surface area (Å²) in [6.07, 6.45) is -1.11. The molecular formula is C81H91Cl2N10O23+. The number of aliphatic hydroxyl groups is 3. The SMILES string of the molecule is CCCCCCCCCC[N+](C)(C)CCCNCc1c(O)cc2c(c1O)-c1cc(ccc1O)[C@H]1NC(=O)[C@@H]3NC(=O)[C@H]4NC(=O)[C@@H](Cc5ccc(cc5)Oc5cc3cc(c5O[C@@H]3O[C@H](C(=O)O)[C@@H](O)[C@H](O)[C@H]3N)Oc3ccc(cc3Cl)[C@@H](O)[C@H](NC1=O)C(=O)N[C@@H]2C(=O)O)NC(=O)[C@@H](NC)c1ccc(O)c(c1)Oc1cc(O)c(Cl)c4c1. The Labute approximate surface area is 674 Å². The monoisotopic (exact) mass is 1640 g/mol. The molecule has 0 radical (unpaired) electrons. The summed E-state index contributed by atoms with van der Waals surface area (Å²) in [6.45, 7) is 3.96. The Morgan fingerprint density at radius 1 is 0.569 bits per heavy atom. The number of carbonyl (C=O) groups excluding carboxylic acids is 6. The van der Waals surface area contributed by atoms with Crippen LogP contribution in [0.2, 0.25) is 10.0 Å². The molecule has 616 valence electrons. The minimum atomic E-state index is -2.36. The molecule has 1 fully saturated rings. The number of nitrogens with zero attached hydrogens (tertiary/aromatic N) is 1. The Kier molecular flexibility index (Phi) is 26.0. The minimum absolute atomic E-state index is 0.0922. The molecule has 7 heterocycles. The van der Waals surface area contributed by atoms with Crippen molar-refractivity contribution < 1.29 is 118 Å². The van der Waals surface area contributed by atoms with E-state index in [9.17, 15) is 65.4 Å². The zero-order chi connectivity index (χ0) is 83.3. The number of unbranched alkanes of at least 4 members (excludes halogenated alkanes) is 7. The summed E-state index contributed by atoms with van der Waals surface area (Å²) in [5.41, 5.74) is 3.76. The lowest BCUT2D eigenvalue weighted by Crippen LogP contribution is -2.64. The van der Waals surface area contributed by atoms with Gasteiger partial charge in [-0.05, 0) is 121 Å². The van der Waals surface area contributed by atoms with E-state index in [1.165, 1.54) is 81.6 Å². The molecular weight excluding hydrogens is 1550 g/mol. The van der Waals surface area contributed by atoms with Crippen molar-refractivity contribution in [3.8, 4) is 80.1 Å². The Morgan fingerprint density at radius 3 is 1.88 bits per heavy atom. The van der Waals surface area contributed by atoms with Crippen LogP contribution in [0.4, 0.5) is 0 Å². The predicted octanol–water partition coefficient (Wildman–Crippen LogP) is 6.47. The summed E-state index contributed by atoms with van der Waals surface area (Å²) in [7, 11) is 5.70. The van der Waals surface area contributed by atoms with Gasteiger partial charge in [0, 0.05) is 54.3 Å². The van der Waals surface area contributed by atoms with Gasteiger partial charge in [0.1, 0.15) is 94.8 Å². The van der Waals surface area contributed by atoms with Crippen molar-refractivity contribution in [3.05, 3.63) is 164 Å². The van der Waals surface area contributed by atoms with Gasteiger partial charge in [0.05, 0.1) is 48.8 Å². The molecule has 0 aliphatic carbocycles. The van der Waals surface area contributed by atoms with E-state index in [0.29, 0.717) is 23.0 Å². The molecule has 33 nitrogen and oxygen atoms in total. The van der Waals surface area contributed by atoms with Gasteiger partial charge in [0.2, 0.25) is 47.5 Å². The van der Waals surface area contributed by atoms with Crippen LogP contribution < -0.4 is 67.2 Å². The van der Waals surface area contributed by atoms with Gasteiger partial charge < -0.3 is 128 Å². The van der Waals surface area contributed by atoms with Crippen LogP contribution in [0, 0.1) is 0 Å². The van der Waals surface area contributed by atoms with Crippen molar-refractivity contribution in [2.24, 2.45) is 5.73 Å². The first-order valence-electron chi connectivity index (χ1n) is 37.8. The molecule has 116 heavy (non-hydrogen) atoms. The van der Waals surface area contributed by atoms with Crippen molar-refractivity contribution in [3.63, 3.8) is 0 Å². The predicted molar refractivity (Wildman–Crippen MR) is 416 cm³/mol. The Balaban J connectivity index is 1.04. The highest BCUT2D eigenvalue weighted by molar-refractivity contribution is 6.33. The summed E-state index contributed by atoms with van der Waals surface area (Å²) in [5.74, 6) is -17.4. The highest BCUT2D eigenvalue weighted by Gasteiger charge is 2.49. The second kappa shape index (κ2) is 35.9. The number of ether oxygens (including phenoxy) is 5. The molecule has 0 saturated carbocycles. The first-order chi connectivity index (χ1) is 55.3. The Bertz CT molecular complexity index is 4940. The van der Waals surface area contributed by atoms with E-state index < -0.39 is 210 Å². The molecule has 0 aromatic heterocycles. The number of quaternary nitrogens is 1. The molecule has 13 atom stereocenters. The molecule has 7 aromatic rings. The Morgan fingerprint density at radius 2 is 1.19 bits per heavy atom. The van der Waals surface area contributed by atoms with E-state index in [-0.39, 0.29) is 58.2 Å². The number of halogens is 2. The molecule has 35 heteroatoms. The number of aromatic hydroxyl groups is 5. The van der Waals surface area contributed by atoms with Gasteiger partial charge in [-0.15, -0.1) is 0 Å². The zero-order valence-electron chi connectivity index (χ0n) is 63.4. The van der Waals surface area contributed by atoms with Gasteiger partial charge in [-0.25, -0.2) is 9.59 Å². The molecule has 17 bridgehead atoms. The van der Waals surface area contributed by atoms with Crippen LogP contribution in [0.1, 0.15) is 146 Å². The van der Waals surface area contributed by atoms with Gasteiger partial charge in [0.25, 0.3) is 0 Å². The van der Waals surface area contributed by atoms with Crippen molar-refractivity contribution in [1.29, 1.82) is 0 Å². The largest absolute Gasteiger partial charge is 0.507 e. The number of benzene rings is 7. The molecule has 7 aromatic carbocycles. The van der Waals surface area contributed by atoms with Gasteiger partial charge in [-0.2, -0.15) is 0 Å². The zero-order valence-corrected chi connectivity index (χ0v) is 64.9. The van der Waals surface area contributed by atoms with Crippen molar-refractivity contribution in [2.75, 3.05) is 40.8 Å². The number of carbonyl (C=O) groups is 8. The third-order valence-corrected chi connectivity index (χ3v) is 21.9. The second-order valence-electron chi connectivity index (χ2n) is 29.9. The molecule has 1 saturated heterocycles. The number of carboxylic acids is 2. The number of phenolic OH excluding ortho intramolecular Hbond substituents is 5. The molecule has 0 spiro atoms. The maximum absolute atomic E-state index is 16.5. The maximum Gasteiger partial charge on any atom is 0.335 e. The van der Waals surface area contributed by atoms with Gasteiger partial charge in [-0.1, -0.05) is 99.0 Å². The van der Waals surface area contributed by atoms with Gasteiger partial charge in [-0.3, -0.25) is 28.8 Å². The van der Waals surface area contributed by atoms with Crippen molar-refractivity contribution in [1.82, 2.24) is 42.5 Å². The summed E-state index contributed by atoms with van der Waals surface area (Å²) >= 11 is 14.1. The number of rotatable bonds is 20. The van der Waals surface area contributed by atoms with E-state index in [0.717, 1.165) is 99.1 Å². The number of aliphatic carboxylic acids is 2. The van der Waals surface area contributed by atoms with Crippen LogP contribution in [-0.2, 0) is 56.1 Å². The fourth-order valence-corrected chi connectivity index (χ4v) is 15.2. The lowest BCUT2D eigenvalue weighted by molar-refractivity contribution is -0.890. The fraction of sp³-hybridized carbons (Fsp3) is 0.383. The quantitative estimate of drug-likeness (QED) is 0.0287. The number of carboxylic acid groups (broad SMARTS) is 2. The third kappa shape index (κ3) is 18.5. The average molecular weight is 1640 g/mol. The first kappa shape index (κ1) is 84.2. The van der Waals surface area contributed by atoms with E-state index in [2.05, 4.69) is 63.6 Å². The molecule has 6 amide bonds. The van der Waals surface area contributed by atoms with Crippen molar-refractivity contribution >= 4 is 70.6 Å². The molecule has 7 aliphatic rings. The minimum Gasteiger partial charge on any atom is -0.507 e. The second-order valence-corrected chi connectivity index (χ2v) is 30.7. The van der Waals surface area contributed by atoms with Crippen LogP contribution in [0.5, 0.6) is 69.0 Å². The van der Waals surface area contributed by atoms with Crippen LogP contribution >= 0.6 is 23.2 Å². The fourth-order valence-electron chi connectivity index (χ4n) is 14.8. The Hall–Kier alpha value is -11.2. The van der Waals surface area contributed by atoms with E-state index in [1.54, 1.807) is 0 Å². The molecule has 7 aliphatic heterocycles. The lowest BCUT2D eigenvalue weighted by atomic mass is 9.88. The third-order valence-electron chi connectivity index (χ3n) is 21.2. The van der Waals surface area contributed by atoms with E-state index in [1.807, 2.05) is 0 Å². The lowest BCUT2D eigenvalue weighted by Gasteiger charge is -2.39. The normalized spacial score (nSPS) is 23.4. The number of hydrogen-bond donors (Lipinski definition) is 19. The smallest absolute Gasteiger partial charge is 0.335 e. The number of likely N-dealkylation sites (N-methyl/N-ethyl adjacent to an activating group) is 1. The van der Waals surface area contributed by atoms with Crippen LogP contribution in [0.25, 0.3) is 11.1 Å². The highest BCUT2D eigenvalue weighted by atomic mass is 35.5. The number of phenols is 5. The maximum atomic E-state index is 16.5. The number of nitrogens with two attached hydrogens (primary N) is 1. The summed E-state index contributed by atoms with van der Waals surface area (Å²) in [5, 5.41) is 136. The number of fused-ring (bicyclic) bond motifs is 14. The van der Waals surface area contributed by atoms with Crippen LogP contribution in [0.15, 0.2) is 109 Å². The molecule has 20 N–H and O–H groups in total.